The summed E-state index contributed by atoms with van der Waals surface area (Å²) in [6.07, 6.45) is 3.24. The molecule has 1 heterocycles. The van der Waals surface area contributed by atoms with Crippen molar-refractivity contribution in [2.24, 2.45) is 0 Å². The van der Waals surface area contributed by atoms with Crippen molar-refractivity contribution in [3.05, 3.63) is 18.0 Å². The summed E-state index contributed by atoms with van der Waals surface area (Å²) < 4.78 is 1.36. The molecule has 0 radical (unpaired) electrons. The zero-order valence-electron chi connectivity index (χ0n) is 10.9. The second kappa shape index (κ2) is 6.18. The van der Waals surface area contributed by atoms with Gasteiger partial charge in [0.1, 0.15) is 6.04 Å². The van der Waals surface area contributed by atoms with Gasteiger partial charge in [-0.2, -0.15) is 5.10 Å². The normalized spacial score (nSPS) is 12.4. The van der Waals surface area contributed by atoms with E-state index in [4.69, 9.17) is 5.11 Å². The highest BCUT2D eigenvalue weighted by molar-refractivity contribution is 5.85. The third-order valence-corrected chi connectivity index (χ3v) is 2.94. The minimum atomic E-state index is -1.10. The summed E-state index contributed by atoms with van der Waals surface area (Å²) in [5.74, 6) is -1.25. The molecule has 6 nitrogen and oxygen atoms in total. The van der Waals surface area contributed by atoms with Crippen LogP contribution in [0.5, 0.6) is 0 Å². The van der Waals surface area contributed by atoms with Crippen LogP contribution in [-0.4, -0.2) is 32.8 Å². The van der Waals surface area contributed by atoms with Crippen molar-refractivity contribution in [3.63, 3.8) is 0 Å². The molecule has 0 saturated heterocycles. The quantitative estimate of drug-likeness (QED) is 0.803. The first-order valence-electron chi connectivity index (χ1n) is 6.08. The molecule has 100 valence electrons. The van der Waals surface area contributed by atoms with Crippen LogP contribution in [0.1, 0.15) is 50.1 Å². The highest BCUT2D eigenvalue weighted by Crippen LogP contribution is 2.07. The molecule has 0 spiro atoms. The van der Waals surface area contributed by atoms with Crippen molar-refractivity contribution in [1.82, 2.24) is 15.1 Å². The van der Waals surface area contributed by atoms with Crippen LogP contribution in [0.2, 0.25) is 0 Å². The summed E-state index contributed by atoms with van der Waals surface area (Å²) in [6.45, 7) is 5.71. The lowest BCUT2D eigenvalue weighted by atomic mass is 10.1. The van der Waals surface area contributed by atoms with E-state index in [-0.39, 0.29) is 17.6 Å². The van der Waals surface area contributed by atoms with Gasteiger partial charge >= 0.3 is 5.97 Å². The molecule has 6 heteroatoms. The molecule has 0 aliphatic carbocycles. The minimum absolute atomic E-state index is 0.0582. The first kappa shape index (κ1) is 14.2. The maximum Gasteiger partial charge on any atom is 0.356 e. The fourth-order valence-electron chi connectivity index (χ4n) is 1.60. The molecule has 18 heavy (non-hydrogen) atoms. The van der Waals surface area contributed by atoms with Gasteiger partial charge in [0.25, 0.3) is 0 Å². The van der Waals surface area contributed by atoms with Crippen LogP contribution in [0.15, 0.2) is 12.3 Å². The molecule has 0 fully saturated rings. The molecule has 1 rings (SSSR count). The van der Waals surface area contributed by atoms with Crippen LogP contribution in [0.3, 0.4) is 0 Å². The van der Waals surface area contributed by atoms with Gasteiger partial charge < -0.3 is 10.4 Å². The van der Waals surface area contributed by atoms with Crippen LogP contribution < -0.4 is 5.32 Å². The molecule has 0 aliphatic rings. The SMILES string of the molecule is CCC(CC)NC(=O)C(C)n1ccc(C(=O)O)n1. The molecule has 0 aromatic carbocycles. The fourth-order valence-corrected chi connectivity index (χ4v) is 1.60. The first-order valence-corrected chi connectivity index (χ1v) is 6.08. The molecule has 0 aliphatic heterocycles. The molecule has 1 atom stereocenters. The molecular formula is C12H19N3O3. The van der Waals surface area contributed by atoms with E-state index in [2.05, 4.69) is 10.4 Å². The van der Waals surface area contributed by atoms with Gasteiger partial charge in [-0.15, -0.1) is 0 Å². The van der Waals surface area contributed by atoms with Crippen molar-refractivity contribution in [1.29, 1.82) is 0 Å². The van der Waals surface area contributed by atoms with E-state index in [9.17, 15) is 9.59 Å². The predicted molar refractivity (Wildman–Crippen MR) is 66.4 cm³/mol. The Morgan fingerprint density at radius 3 is 2.50 bits per heavy atom. The average molecular weight is 253 g/mol. The third-order valence-electron chi connectivity index (χ3n) is 2.94. The first-order chi connectivity index (χ1) is 8.49. The van der Waals surface area contributed by atoms with Gasteiger partial charge in [-0.1, -0.05) is 13.8 Å². The predicted octanol–water partition coefficient (Wildman–Crippen LogP) is 1.45. The number of amides is 1. The smallest absolute Gasteiger partial charge is 0.356 e. The van der Waals surface area contributed by atoms with Gasteiger partial charge in [0, 0.05) is 12.2 Å². The van der Waals surface area contributed by atoms with Crippen LogP contribution in [0.4, 0.5) is 0 Å². The monoisotopic (exact) mass is 253 g/mol. The largest absolute Gasteiger partial charge is 0.476 e. The summed E-state index contributed by atoms with van der Waals surface area (Å²) in [4.78, 5) is 22.6. The van der Waals surface area contributed by atoms with Crippen LogP contribution >= 0.6 is 0 Å². The molecule has 0 saturated carbocycles. The molecule has 1 aromatic rings. The summed E-state index contributed by atoms with van der Waals surface area (Å²) in [6, 6.07) is 1.01. The summed E-state index contributed by atoms with van der Waals surface area (Å²) in [7, 11) is 0. The number of aromatic nitrogens is 2. The highest BCUT2D eigenvalue weighted by Gasteiger charge is 2.19. The number of aromatic carboxylic acids is 1. The molecule has 1 aromatic heterocycles. The maximum atomic E-state index is 11.9. The molecular weight excluding hydrogens is 234 g/mol. The van der Waals surface area contributed by atoms with Crippen LogP contribution in [-0.2, 0) is 4.79 Å². The number of carboxylic acids is 1. The van der Waals surface area contributed by atoms with Crippen molar-refractivity contribution in [3.8, 4) is 0 Å². The number of carbonyl (C=O) groups excluding carboxylic acids is 1. The Bertz CT molecular complexity index is 424. The number of nitrogens with one attached hydrogen (secondary N) is 1. The van der Waals surface area contributed by atoms with Crippen molar-refractivity contribution in [2.75, 3.05) is 0 Å². The van der Waals surface area contributed by atoms with E-state index in [1.807, 2.05) is 13.8 Å². The second-order valence-electron chi connectivity index (χ2n) is 4.18. The fraction of sp³-hybridized carbons (Fsp3) is 0.583. The number of hydrogen-bond acceptors (Lipinski definition) is 3. The lowest BCUT2D eigenvalue weighted by Crippen LogP contribution is -2.38. The topological polar surface area (TPSA) is 84.2 Å². The van der Waals surface area contributed by atoms with E-state index in [1.54, 1.807) is 6.92 Å². The summed E-state index contributed by atoms with van der Waals surface area (Å²) in [5, 5.41) is 15.5. The van der Waals surface area contributed by atoms with Gasteiger partial charge in [0.15, 0.2) is 5.69 Å². The highest BCUT2D eigenvalue weighted by atomic mass is 16.4. The van der Waals surface area contributed by atoms with Crippen molar-refractivity contribution >= 4 is 11.9 Å². The lowest BCUT2D eigenvalue weighted by Gasteiger charge is -2.18. The number of carbonyl (C=O) groups is 2. The number of carboxylic acid groups (broad SMARTS) is 1. The Morgan fingerprint density at radius 1 is 1.44 bits per heavy atom. The average Bonchev–Trinajstić information content (AvgIpc) is 2.84. The zero-order valence-corrected chi connectivity index (χ0v) is 10.9. The van der Waals surface area contributed by atoms with E-state index in [0.717, 1.165) is 12.8 Å². The van der Waals surface area contributed by atoms with Crippen molar-refractivity contribution in [2.45, 2.75) is 45.7 Å². The number of nitrogens with zero attached hydrogens (tertiary/aromatic N) is 2. The number of rotatable bonds is 6. The molecule has 1 amide bonds. The Hall–Kier alpha value is -1.85. The van der Waals surface area contributed by atoms with E-state index < -0.39 is 12.0 Å². The van der Waals surface area contributed by atoms with Crippen molar-refractivity contribution < 1.29 is 14.7 Å². The maximum absolute atomic E-state index is 11.9. The third kappa shape index (κ3) is 3.32. The van der Waals surface area contributed by atoms with E-state index >= 15 is 0 Å². The minimum Gasteiger partial charge on any atom is -0.476 e. The summed E-state index contributed by atoms with van der Waals surface area (Å²) in [5.41, 5.74) is -0.0582. The Labute approximate surface area is 106 Å². The van der Waals surface area contributed by atoms with Gasteiger partial charge in [0.2, 0.25) is 5.91 Å². The molecule has 2 N–H and O–H groups in total. The van der Waals surface area contributed by atoms with E-state index in [1.165, 1.54) is 16.9 Å². The van der Waals surface area contributed by atoms with Gasteiger partial charge in [-0.25, -0.2) is 4.79 Å². The second-order valence-corrected chi connectivity index (χ2v) is 4.18. The number of hydrogen-bond donors (Lipinski definition) is 2. The Kier molecular flexibility index (Phi) is 4.88. The van der Waals surface area contributed by atoms with E-state index in [0.29, 0.717) is 0 Å². The summed E-state index contributed by atoms with van der Waals surface area (Å²) >= 11 is 0. The van der Waals surface area contributed by atoms with Gasteiger partial charge in [-0.05, 0) is 25.8 Å². The lowest BCUT2D eigenvalue weighted by molar-refractivity contribution is -0.124. The zero-order chi connectivity index (χ0) is 13.7. The standard InChI is InChI=1S/C12H19N3O3/c1-4-9(5-2)13-11(16)8(3)15-7-6-10(14-15)12(17)18/h6-9H,4-5H2,1-3H3,(H,13,16)(H,17,18). The Morgan fingerprint density at radius 2 is 2.06 bits per heavy atom. The van der Waals surface area contributed by atoms with Crippen LogP contribution in [0, 0.1) is 0 Å². The van der Waals surface area contributed by atoms with Crippen LogP contribution in [0.25, 0.3) is 0 Å². The molecule has 1 unspecified atom stereocenters. The molecule has 0 bridgehead atoms. The van der Waals surface area contributed by atoms with Gasteiger partial charge in [0.05, 0.1) is 0 Å². The van der Waals surface area contributed by atoms with Gasteiger partial charge in [-0.3, -0.25) is 9.48 Å². The Balaban J connectivity index is 2.70.